The minimum Gasteiger partial charge on any atom is -0.481 e. The standard InChI is InChI=1S/C28H26N2O4S/c1-19(31)35-18-24(15-20-8-4-2-5-9-20)30-27(32)26(28(33)34)16-21-12-13-25(23(14-21)17-29)22-10-6-3-7-11-22/h2-14,24,26H,15-16,18H2,1H3,(H,30,32)(H,33,34). The molecule has 35 heavy (non-hydrogen) atoms. The molecule has 2 atom stereocenters. The van der Waals surface area contributed by atoms with Gasteiger partial charge in [-0.3, -0.25) is 14.4 Å². The summed E-state index contributed by atoms with van der Waals surface area (Å²) in [7, 11) is 0. The fraction of sp³-hybridized carbons (Fsp3) is 0.214. The summed E-state index contributed by atoms with van der Waals surface area (Å²) in [4.78, 5) is 36.5. The van der Waals surface area contributed by atoms with Gasteiger partial charge in [0.1, 0.15) is 5.92 Å². The van der Waals surface area contributed by atoms with Gasteiger partial charge in [-0.25, -0.2) is 0 Å². The van der Waals surface area contributed by atoms with E-state index in [1.807, 2.05) is 60.7 Å². The van der Waals surface area contributed by atoms with E-state index in [1.165, 1.54) is 6.92 Å². The summed E-state index contributed by atoms with van der Waals surface area (Å²) in [6.45, 7) is 1.46. The molecule has 6 nitrogen and oxygen atoms in total. The van der Waals surface area contributed by atoms with Crippen molar-refractivity contribution in [2.45, 2.75) is 25.8 Å². The molecule has 3 aromatic carbocycles. The molecule has 0 aromatic heterocycles. The van der Waals surface area contributed by atoms with Crippen LogP contribution in [0.15, 0.2) is 78.9 Å². The first-order chi connectivity index (χ1) is 16.9. The maximum Gasteiger partial charge on any atom is 0.316 e. The van der Waals surface area contributed by atoms with Crippen LogP contribution in [0.5, 0.6) is 0 Å². The Labute approximate surface area is 209 Å². The lowest BCUT2D eigenvalue weighted by molar-refractivity contribution is -0.147. The lowest BCUT2D eigenvalue weighted by Crippen LogP contribution is -2.44. The van der Waals surface area contributed by atoms with Crippen LogP contribution in [0.1, 0.15) is 23.6 Å². The Morgan fingerprint density at radius 1 is 0.943 bits per heavy atom. The third-order valence-corrected chi connectivity index (χ3v) is 6.48. The number of hydrogen-bond donors (Lipinski definition) is 2. The van der Waals surface area contributed by atoms with Crippen LogP contribution in [0.2, 0.25) is 0 Å². The Hall–Kier alpha value is -3.89. The van der Waals surface area contributed by atoms with E-state index in [9.17, 15) is 24.8 Å². The molecule has 0 aliphatic carbocycles. The van der Waals surface area contributed by atoms with E-state index in [-0.39, 0.29) is 11.5 Å². The van der Waals surface area contributed by atoms with Crippen LogP contribution in [0.25, 0.3) is 11.1 Å². The molecule has 0 fully saturated rings. The van der Waals surface area contributed by atoms with Gasteiger partial charge in [-0.1, -0.05) is 84.6 Å². The number of nitriles is 1. The molecule has 0 heterocycles. The average molecular weight is 487 g/mol. The van der Waals surface area contributed by atoms with Crippen molar-refractivity contribution in [3.8, 4) is 17.2 Å². The van der Waals surface area contributed by atoms with Gasteiger partial charge in [-0.2, -0.15) is 5.26 Å². The second-order valence-electron chi connectivity index (χ2n) is 8.15. The molecule has 1 amide bonds. The van der Waals surface area contributed by atoms with Gasteiger partial charge >= 0.3 is 5.97 Å². The van der Waals surface area contributed by atoms with Gasteiger partial charge in [0.25, 0.3) is 0 Å². The predicted molar refractivity (Wildman–Crippen MR) is 137 cm³/mol. The Bertz CT molecular complexity index is 1220. The number of hydrogen-bond acceptors (Lipinski definition) is 5. The predicted octanol–water partition coefficient (Wildman–Crippen LogP) is 4.48. The molecule has 0 spiro atoms. The van der Waals surface area contributed by atoms with Gasteiger partial charge in [0, 0.05) is 18.7 Å². The second-order valence-corrected chi connectivity index (χ2v) is 9.35. The zero-order chi connectivity index (χ0) is 25.2. The normalized spacial score (nSPS) is 12.2. The van der Waals surface area contributed by atoms with Crippen molar-refractivity contribution in [2.75, 3.05) is 5.75 Å². The van der Waals surface area contributed by atoms with Gasteiger partial charge < -0.3 is 10.4 Å². The van der Waals surface area contributed by atoms with E-state index in [4.69, 9.17) is 0 Å². The first kappa shape index (κ1) is 25.7. The monoisotopic (exact) mass is 486 g/mol. The van der Waals surface area contributed by atoms with Crippen LogP contribution >= 0.6 is 11.8 Å². The van der Waals surface area contributed by atoms with Crippen LogP contribution in [0, 0.1) is 17.2 Å². The summed E-state index contributed by atoms with van der Waals surface area (Å²) in [5.74, 6) is -2.85. The number of amides is 1. The van der Waals surface area contributed by atoms with Crippen molar-refractivity contribution < 1.29 is 19.5 Å². The first-order valence-electron chi connectivity index (χ1n) is 11.2. The van der Waals surface area contributed by atoms with E-state index >= 15 is 0 Å². The van der Waals surface area contributed by atoms with Crippen molar-refractivity contribution in [1.29, 1.82) is 5.26 Å². The molecule has 0 saturated heterocycles. The topological polar surface area (TPSA) is 107 Å². The molecule has 7 heteroatoms. The molecule has 0 aliphatic rings. The molecule has 0 aliphatic heterocycles. The fourth-order valence-corrected chi connectivity index (χ4v) is 4.42. The highest BCUT2D eigenvalue weighted by Crippen LogP contribution is 2.25. The zero-order valence-corrected chi connectivity index (χ0v) is 20.1. The summed E-state index contributed by atoms with van der Waals surface area (Å²) in [5.41, 5.74) is 3.61. The van der Waals surface area contributed by atoms with Gasteiger partial charge in [-0.05, 0) is 41.2 Å². The number of carbonyl (C=O) groups excluding carboxylic acids is 2. The first-order valence-corrected chi connectivity index (χ1v) is 12.1. The van der Waals surface area contributed by atoms with Crippen LogP contribution < -0.4 is 5.32 Å². The van der Waals surface area contributed by atoms with Crippen LogP contribution in [-0.2, 0) is 27.2 Å². The molecule has 2 N–H and O–H groups in total. The quantitative estimate of drug-likeness (QED) is 0.409. The summed E-state index contributed by atoms with van der Waals surface area (Å²) >= 11 is 1.09. The van der Waals surface area contributed by atoms with Crippen molar-refractivity contribution in [2.24, 2.45) is 5.92 Å². The summed E-state index contributed by atoms with van der Waals surface area (Å²) in [6.07, 6.45) is 0.423. The number of carbonyl (C=O) groups is 3. The van der Waals surface area contributed by atoms with Gasteiger partial charge in [0.05, 0.1) is 11.6 Å². The molecule has 0 bridgehead atoms. The highest BCUT2D eigenvalue weighted by Gasteiger charge is 2.29. The van der Waals surface area contributed by atoms with Crippen molar-refractivity contribution in [3.05, 3.63) is 95.6 Å². The largest absolute Gasteiger partial charge is 0.481 e. The fourth-order valence-electron chi connectivity index (χ4n) is 3.78. The summed E-state index contributed by atoms with van der Waals surface area (Å²) in [6, 6.07) is 25.9. The van der Waals surface area contributed by atoms with Gasteiger partial charge in [-0.15, -0.1) is 0 Å². The van der Waals surface area contributed by atoms with Gasteiger partial charge in [0.15, 0.2) is 5.12 Å². The van der Waals surface area contributed by atoms with E-state index in [0.717, 1.165) is 28.5 Å². The molecule has 0 radical (unpaired) electrons. The van der Waals surface area contributed by atoms with Crippen LogP contribution in [0.3, 0.4) is 0 Å². The van der Waals surface area contributed by atoms with E-state index < -0.39 is 23.8 Å². The summed E-state index contributed by atoms with van der Waals surface area (Å²) in [5, 5.41) is 22.2. The lowest BCUT2D eigenvalue weighted by Gasteiger charge is -2.21. The maximum atomic E-state index is 13.0. The molecule has 2 unspecified atom stereocenters. The number of thioether (sulfide) groups is 1. The van der Waals surface area contributed by atoms with Crippen molar-refractivity contribution in [3.63, 3.8) is 0 Å². The number of benzene rings is 3. The molecule has 0 saturated carbocycles. The Morgan fingerprint density at radius 3 is 2.20 bits per heavy atom. The minimum atomic E-state index is -1.33. The zero-order valence-electron chi connectivity index (χ0n) is 19.3. The number of nitrogens with one attached hydrogen (secondary N) is 1. The highest BCUT2D eigenvalue weighted by atomic mass is 32.2. The SMILES string of the molecule is CC(=O)SCC(Cc1ccccc1)NC(=O)C(Cc1ccc(-c2ccccc2)c(C#N)c1)C(=O)O. The number of nitrogens with zero attached hydrogens (tertiary/aromatic N) is 1. The van der Waals surface area contributed by atoms with E-state index in [0.29, 0.717) is 23.3 Å². The van der Waals surface area contributed by atoms with Crippen molar-refractivity contribution in [1.82, 2.24) is 5.32 Å². The van der Waals surface area contributed by atoms with E-state index in [2.05, 4.69) is 11.4 Å². The third kappa shape index (κ3) is 7.56. The lowest BCUT2D eigenvalue weighted by atomic mass is 9.93. The smallest absolute Gasteiger partial charge is 0.316 e. The molecular weight excluding hydrogens is 460 g/mol. The Kier molecular flexibility index (Phi) is 9.22. The minimum absolute atomic E-state index is 0.0528. The second kappa shape index (κ2) is 12.5. The van der Waals surface area contributed by atoms with Crippen LogP contribution in [-0.4, -0.2) is 33.9 Å². The van der Waals surface area contributed by atoms with Crippen LogP contribution in [0.4, 0.5) is 0 Å². The van der Waals surface area contributed by atoms with Crippen molar-refractivity contribution >= 4 is 28.8 Å². The van der Waals surface area contributed by atoms with E-state index in [1.54, 1.807) is 18.2 Å². The molecule has 178 valence electrons. The van der Waals surface area contributed by atoms with Gasteiger partial charge in [0.2, 0.25) is 5.91 Å². The number of carboxylic acids is 1. The molecular formula is C28H26N2O4S. The Morgan fingerprint density at radius 2 is 1.60 bits per heavy atom. The maximum absolute atomic E-state index is 13.0. The average Bonchev–Trinajstić information content (AvgIpc) is 2.86. The summed E-state index contributed by atoms with van der Waals surface area (Å²) < 4.78 is 0. The third-order valence-electron chi connectivity index (χ3n) is 5.50. The number of carboxylic acid groups (broad SMARTS) is 1. The number of rotatable bonds is 10. The highest BCUT2D eigenvalue weighted by molar-refractivity contribution is 8.13. The Balaban J connectivity index is 1.77. The number of aliphatic carboxylic acids is 1. The molecule has 3 rings (SSSR count). The molecule has 3 aromatic rings.